The topological polar surface area (TPSA) is 75.3 Å². The Bertz CT molecular complexity index is 555. The predicted octanol–water partition coefficient (Wildman–Crippen LogP) is 1.90. The summed E-state index contributed by atoms with van der Waals surface area (Å²) in [6.45, 7) is 6.23. The zero-order valence-corrected chi connectivity index (χ0v) is 13.0. The molecule has 2 N–H and O–H groups in total. The highest BCUT2D eigenvalue weighted by Gasteiger charge is 2.17. The van der Waals surface area contributed by atoms with Crippen LogP contribution in [0.1, 0.15) is 44.0 Å². The van der Waals surface area contributed by atoms with Crippen molar-refractivity contribution in [3.63, 3.8) is 0 Å². The lowest BCUT2D eigenvalue weighted by Crippen LogP contribution is -2.32. The molecule has 0 aliphatic heterocycles. The van der Waals surface area contributed by atoms with E-state index >= 15 is 0 Å². The number of carbonyl (C=O) groups is 1. The summed E-state index contributed by atoms with van der Waals surface area (Å²) in [5.74, 6) is -0.257. The molecule has 0 aliphatic rings. The third-order valence-corrected chi connectivity index (χ3v) is 4.50. The number of nitrogens with one attached hydrogen (secondary N) is 2. The van der Waals surface area contributed by atoms with Crippen LogP contribution in [0.3, 0.4) is 0 Å². The summed E-state index contributed by atoms with van der Waals surface area (Å²) in [6.07, 6.45) is 1.54. The lowest BCUT2D eigenvalue weighted by atomic mass is 10.2. The van der Waals surface area contributed by atoms with Crippen LogP contribution in [-0.4, -0.2) is 26.9 Å². The SMILES string of the molecule is CCCNC(=O)c1cccc(S(=O)(=O)NC(C)CC)c1. The van der Waals surface area contributed by atoms with Crippen LogP contribution in [0.4, 0.5) is 0 Å². The van der Waals surface area contributed by atoms with Crippen molar-refractivity contribution in [2.75, 3.05) is 6.54 Å². The molecule has 1 aromatic rings. The van der Waals surface area contributed by atoms with E-state index in [1.54, 1.807) is 19.1 Å². The molecule has 20 heavy (non-hydrogen) atoms. The smallest absolute Gasteiger partial charge is 0.251 e. The Kier molecular flexibility index (Phi) is 6.16. The van der Waals surface area contributed by atoms with Crippen LogP contribution in [0.25, 0.3) is 0 Å². The molecule has 112 valence electrons. The fourth-order valence-electron chi connectivity index (χ4n) is 1.56. The molecule has 5 nitrogen and oxygen atoms in total. The molecule has 6 heteroatoms. The molecule has 0 aliphatic carbocycles. The van der Waals surface area contributed by atoms with Gasteiger partial charge in [0, 0.05) is 18.2 Å². The Hall–Kier alpha value is -1.40. The van der Waals surface area contributed by atoms with Gasteiger partial charge in [0.1, 0.15) is 0 Å². The van der Waals surface area contributed by atoms with Gasteiger partial charge in [-0.05, 0) is 38.0 Å². The van der Waals surface area contributed by atoms with Gasteiger partial charge in [-0.15, -0.1) is 0 Å². The van der Waals surface area contributed by atoms with E-state index in [0.29, 0.717) is 18.5 Å². The van der Waals surface area contributed by atoms with Gasteiger partial charge >= 0.3 is 0 Å². The Labute approximate surface area is 120 Å². The Balaban J connectivity index is 2.95. The first-order chi connectivity index (χ1) is 9.40. The maximum absolute atomic E-state index is 12.1. The Morgan fingerprint density at radius 2 is 2.00 bits per heavy atom. The van der Waals surface area contributed by atoms with Crippen molar-refractivity contribution in [3.8, 4) is 0 Å². The number of amides is 1. The summed E-state index contributed by atoms with van der Waals surface area (Å²) in [5, 5.41) is 2.73. The summed E-state index contributed by atoms with van der Waals surface area (Å²) < 4.78 is 26.9. The number of hydrogen-bond donors (Lipinski definition) is 2. The van der Waals surface area contributed by atoms with E-state index in [4.69, 9.17) is 0 Å². The van der Waals surface area contributed by atoms with Crippen molar-refractivity contribution in [2.45, 2.75) is 44.6 Å². The normalized spacial score (nSPS) is 12.9. The maximum atomic E-state index is 12.1. The second-order valence-electron chi connectivity index (χ2n) is 4.71. The molecule has 0 heterocycles. The predicted molar refractivity (Wildman–Crippen MR) is 79.1 cm³/mol. The zero-order chi connectivity index (χ0) is 15.2. The lowest BCUT2D eigenvalue weighted by Gasteiger charge is -2.12. The van der Waals surface area contributed by atoms with Crippen molar-refractivity contribution in [3.05, 3.63) is 29.8 Å². The second-order valence-corrected chi connectivity index (χ2v) is 6.43. The molecular formula is C14H22N2O3S. The summed E-state index contributed by atoms with van der Waals surface area (Å²) in [6, 6.07) is 5.92. The molecule has 0 radical (unpaired) electrons. The molecule has 0 spiro atoms. The first kappa shape index (κ1) is 16.7. The van der Waals surface area contributed by atoms with Crippen LogP contribution in [0.5, 0.6) is 0 Å². The van der Waals surface area contributed by atoms with Gasteiger partial charge in [0.2, 0.25) is 10.0 Å². The van der Waals surface area contributed by atoms with Crippen LogP contribution in [0.15, 0.2) is 29.2 Å². The number of benzene rings is 1. The molecular weight excluding hydrogens is 276 g/mol. The molecule has 0 saturated heterocycles. The molecule has 1 atom stereocenters. The van der Waals surface area contributed by atoms with Crippen LogP contribution >= 0.6 is 0 Å². The van der Waals surface area contributed by atoms with Gasteiger partial charge in [0.05, 0.1) is 4.90 Å². The average Bonchev–Trinajstić information content (AvgIpc) is 2.44. The van der Waals surface area contributed by atoms with Gasteiger partial charge in [-0.2, -0.15) is 0 Å². The molecule has 0 bridgehead atoms. The van der Waals surface area contributed by atoms with E-state index in [1.165, 1.54) is 12.1 Å². The first-order valence-corrected chi connectivity index (χ1v) is 8.29. The third-order valence-electron chi connectivity index (χ3n) is 2.91. The van der Waals surface area contributed by atoms with Crippen LogP contribution in [-0.2, 0) is 10.0 Å². The number of sulfonamides is 1. The summed E-state index contributed by atoms with van der Waals surface area (Å²) in [5.41, 5.74) is 0.352. The summed E-state index contributed by atoms with van der Waals surface area (Å²) in [7, 11) is -3.58. The third kappa shape index (κ3) is 4.61. The van der Waals surface area contributed by atoms with Crippen LogP contribution in [0, 0.1) is 0 Å². The van der Waals surface area contributed by atoms with Crippen molar-refractivity contribution >= 4 is 15.9 Å². The average molecular weight is 298 g/mol. The highest BCUT2D eigenvalue weighted by atomic mass is 32.2. The monoisotopic (exact) mass is 298 g/mol. The molecule has 1 amide bonds. The van der Waals surface area contributed by atoms with Crippen molar-refractivity contribution in [2.24, 2.45) is 0 Å². The molecule has 0 fully saturated rings. The van der Waals surface area contributed by atoms with Crippen molar-refractivity contribution in [1.29, 1.82) is 0 Å². The van der Waals surface area contributed by atoms with Gasteiger partial charge in [-0.1, -0.05) is 19.9 Å². The van der Waals surface area contributed by atoms with E-state index in [9.17, 15) is 13.2 Å². The second kappa shape index (κ2) is 7.40. The minimum atomic E-state index is -3.58. The van der Waals surface area contributed by atoms with Gasteiger partial charge in [-0.25, -0.2) is 13.1 Å². The van der Waals surface area contributed by atoms with Gasteiger partial charge in [-0.3, -0.25) is 4.79 Å². The highest BCUT2D eigenvalue weighted by molar-refractivity contribution is 7.89. The van der Waals surface area contributed by atoms with Gasteiger partial charge in [0.25, 0.3) is 5.91 Å². The maximum Gasteiger partial charge on any atom is 0.251 e. The molecule has 1 unspecified atom stereocenters. The van der Waals surface area contributed by atoms with E-state index < -0.39 is 10.0 Å². The largest absolute Gasteiger partial charge is 0.352 e. The highest BCUT2D eigenvalue weighted by Crippen LogP contribution is 2.12. The zero-order valence-electron chi connectivity index (χ0n) is 12.1. The quantitative estimate of drug-likeness (QED) is 0.807. The minimum absolute atomic E-state index is 0.113. The summed E-state index contributed by atoms with van der Waals surface area (Å²) in [4.78, 5) is 11.9. The molecule has 0 saturated carbocycles. The van der Waals surface area contributed by atoms with E-state index in [-0.39, 0.29) is 16.8 Å². The number of rotatable bonds is 7. The van der Waals surface area contributed by atoms with Crippen LogP contribution < -0.4 is 10.0 Å². The van der Waals surface area contributed by atoms with E-state index in [1.807, 2.05) is 13.8 Å². The van der Waals surface area contributed by atoms with Crippen molar-refractivity contribution in [1.82, 2.24) is 10.0 Å². The summed E-state index contributed by atoms with van der Waals surface area (Å²) >= 11 is 0. The lowest BCUT2D eigenvalue weighted by molar-refractivity contribution is 0.0953. The number of hydrogen-bond acceptors (Lipinski definition) is 3. The molecule has 1 rings (SSSR count). The first-order valence-electron chi connectivity index (χ1n) is 6.81. The minimum Gasteiger partial charge on any atom is -0.352 e. The molecule has 0 aromatic heterocycles. The van der Waals surface area contributed by atoms with Crippen LogP contribution in [0.2, 0.25) is 0 Å². The van der Waals surface area contributed by atoms with Gasteiger partial charge in [0.15, 0.2) is 0 Å². The standard InChI is InChI=1S/C14H22N2O3S/c1-4-9-15-14(17)12-7-6-8-13(10-12)20(18,19)16-11(3)5-2/h6-8,10-11,16H,4-5,9H2,1-3H3,(H,15,17). The Morgan fingerprint density at radius 3 is 2.60 bits per heavy atom. The Morgan fingerprint density at radius 1 is 1.30 bits per heavy atom. The fraction of sp³-hybridized carbons (Fsp3) is 0.500. The van der Waals surface area contributed by atoms with E-state index in [0.717, 1.165) is 6.42 Å². The van der Waals surface area contributed by atoms with Crippen molar-refractivity contribution < 1.29 is 13.2 Å². The van der Waals surface area contributed by atoms with Gasteiger partial charge < -0.3 is 5.32 Å². The molecule has 1 aromatic carbocycles. The van der Waals surface area contributed by atoms with E-state index in [2.05, 4.69) is 10.0 Å². The number of carbonyl (C=O) groups excluding carboxylic acids is 1. The fourth-order valence-corrected chi connectivity index (χ4v) is 2.93.